The minimum atomic E-state index is -5.08. The van der Waals surface area contributed by atoms with Crippen molar-refractivity contribution >= 4 is 40.3 Å². The lowest BCUT2D eigenvalue weighted by atomic mass is 10.0. The molecule has 0 saturated heterocycles. The van der Waals surface area contributed by atoms with E-state index in [9.17, 15) is 26.3 Å². The summed E-state index contributed by atoms with van der Waals surface area (Å²) in [6.07, 6.45) is -8.46. The number of alkyl halides is 6. The summed E-state index contributed by atoms with van der Waals surface area (Å²) in [6, 6.07) is 22.8. The van der Waals surface area contributed by atoms with Crippen LogP contribution in [-0.2, 0) is 9.59 Å². The molecule has 0 radical (unpaired) electrons. The molecule has 0 aliphatic rings. The molecule has 17 heteroatoms. The molecule has 0 spiro atoms. The molecule has 0 aliphatic heterocycles. The number of carboxylic acids is 2. The van der Waals surface area contributed by atoms with Crippen LogP contribution in [0, 0.1) is 0 Å². The Kier molecular flexibility index (Phi) is 10.3. The lowest BCUT2D eigenvalue weighted by Gasteiger charge is -2.10. The molecule has 5 N–H and O–H groups in total. The van der Waals surface area contributed by atoms with Gasteiger partial charge in [0.15, 0.2) is 5.82 Å². The third-order valence-corrected chi connectivity index (χ3v) is 5.48. The highest BCUT2D eigenvalue weighted by atomic mass is 35.5. The summed E-state index contributed by atoms with van der Waals surface area (Å²) in [5.74, 6) is -3.67. The first kappa shape index (κ1) is 33.1. The van der Waals surface area contributed by atoms with E-state index in [1.54, 1.807) is 6.20 Å². The monoisotopic (exact) mass is 641 g/mol. The molecule has 2 aromatic carbocycles. The molecule has 230 valence electrons. The molecular formula is C27H18ClF6N5O5. The van der Waals surface area contributed by atoms with Crippen molar-refractivity contribution in [1.82, 2.24) is 20.2 Å². The standard InChI is InChI=1S/C23H16ClN5O.2C2HF3O2/c24-22-18(17-8-4-5-13-26-17)21-19(23(25)29-28-21)20(27-22)14-9-11-16(12-10-14)30-15-6-2-1-3-7-15;2*3-2(4,5)1(6)7/h1-13H,(H3,25,28,29);2*(H,6,7). The quantitative estimate of drug-likeness (QED) is 0.120. The normalized spacial score (nSPS) is 11.1. The molecule has 3 aromatic heterocycles. The number of nitrogen functional groups attached to an aromatic ring is 1. The van der Waals surface area contributed by atoms with Gasteiger partial charge >= 0.3 is 24.3 Å². The summed E-state index contributed by atoms with van der Waals surface area (Å²) >= 11 is 6.58. The predicted molar refractivity (Wildman–Crippen MR) is 146 cm³/mol. The molecule has 0 atom stereocenters. The zero-order chi connectivity index (χ0) is 32.7. The van der Waals surface area contributed by atoms with Gasteiger partial charge in [-0.2, -0.15) is 31.4 Å². The number of rotatable bonds is 4. The number of H-pyrrole nitrogens is 1. The van der Waals surface area contributed by atoms with Crippen LogP contribution in [0.4, 0.5) is 32.2 Å². The lowest BCUT2D eigenvalue weighted by molar-refractivity contribution is -0.193. The summed E-state index contributed by atoms with van der Waals surface area (Å²) in [5, 5.41) is 22.4. The third-order valence-electron chi connectivity index (χ3n) is 5.21. The van der Waals surface area contributed by atoms with E-state index in [-0.39, 0.29) is 0 Å². The van der Waals surface area contributed by atoms with Crippen molar-refractivity contribution in [3.05, 3.63) is 84.1 Å². The molecule has 5 aromatic rings. The fourth-order valence-electron chi connectivity index (χ4n) is 3.35. The van der Waals surface area contributed by atoms with Crippen LogP contribution < -0.4 is 10.5 Å². The number of nitrogens with one attached hydrogen (secondary N) is 1. The Morgan fingerprint density at radius 1 is 0.818 bits per heavy atom. The Balaban J connectivity index is 0.000000317. The zero-order valence-electron chi connectivity index (χ0n) is 21.7. The molecule has 10 nitrogen and oxygen atoms in total. The van der Waals surface area contributed by atoms with Gasteiger partial charge in [-0.05, 0) is 48.5 Å². The third kappa shape index (κ3) is 8.57. The van der Waals surface area contributed by atoms with E-state index in [0.717, 1.165) is 17.1 Å². The summed E-state index contributed by atoms with van der Waals surface area (Å²) < 4.78 is 69.3. The largest absolute Gasteiger partial charge is 0.490 e. The molecule has 44 heavy (non-hydrogen) atoms. The number of carbonyl (C=O) groups is 2. The van der Waals surface area contributed by atoms with Gasteiger partial charge in [-0.3, -0.25) is 10.1 Å². The second kappa shape index (κ2) is 13.7. The number of nitrogens with zero attached hydrogens (tertiary/aromatic N) is 3. The van der Waals surface area contributed by atoms with Crippen molar-refractivity contribution in [2.45, 2.75) is 12.4 Å². The molecule has 5 rings (SSSR count). The zero-order valence-corrected chi connectivity index (χ0v) is 22.4. The van der Waals surface area contributed by atoms with Crippen molar-refractivity contribution in [2.24, 2.45) is 0 Å². The Labute approximate surface area is 247 Å². The SMILES string of the molecule is Nc1n[nH]c2c(-c3ccccn3)c(Cl)nc(-c3ccc(Oc4ccccc4)cc3)c12.O=C(O)C(F)(F)F.O=C(O)C(F)(F)F. The van der Waals surface area contributed by atoms with Crippen LogP contribution in [0.1, 0.15) is 0 Å². The van der Waals surface area contributed by atoms with Gasteiger partial charge < -0.3 is 20.7 Å². The number of anilines is 1. The molecule has 0 fully saturated rings. The minimum Gasteiger partial charge on any atom is -0.475 e. The van der Waals surface area contributed by atoms with Crippen molar-refractivity contribution in [3.8, 4) is 34.0 Å². The fourth-order valence-corrected chi connectivity index (χ4v) is 3.62. The number of benzene rings is 2. The summed E-state index contributed by atoms with van der Waals surface area (Å²) in [4.78, 5) is 26.8. The van der Waals surface area contributed by atoms with Gasteiger partial charge in [-0.25, -0.2) is 14.6 Å². The van der Waals surface area contributed by atoms with Crippen molar-refractivity contribution in [2.75, 3.05) is 5.73 Å². The Morgan fingerprint density at radius 3 is 1.84 bits per heavy atom. The van der Waals surface area contributed by atoms with Crippen molar-refractivity contribution in [1.29, 1.82) is 0 Å². The van der Waals surface area contributed by atoms with E-state index in [0.29, 0.717) is 38.8 Å². The average Bonchev–Trinajstić information content (AvgIpc) is 3.34. The molecule has 0 saturated carbocycles. The maximum Gasteiger partial charge on any atom is 0.490 e. The van der Waals surface area contributed by atoms with Gasteiger partial charge in [0, 0.05) is 11.8 Å². The van der Waals surface area contributed by atoms with Gasteiger partial charge in [0.05, 0.1) is 27.9 Å². The van der Waals surface area contributed by atoms with Crippen molar-refractivity contribution in [3.63, 3.8) is 0 Å². The molecule has 0 bridgehead atoms. The topological polar surface area (TPSA) is 164 Å². The van der Waals surface area contributed by atoms with E-state index in [2.05, 4.69) is 20.2 Å². The van der Waals surface area contributed by atoms with E-state index in [1.807, 2.05) is 72.8 Å². The summed E-state index contributed by atoms with van der Waals surface area (Å²) in [5.41, 5.74) is 9.74. The van der Waals surface area contributed by atoms with Crippen LogP contribution in [0.2, 0.25) is 5.15 Å². The highest BCUT2D eigenvalue weighted by molar-refractivity contribution is 6.34. The molecule has 0 aliphatic carbocycles. The van der Waals surface area contributed by atoms with Gasteiger partial charge in [-0.15, -0.1) is 0 Å². The van der Waals surface area contributed by atoms with Crippen LogP contribution in [0.5, 0.6) is 11.5 Å². The lowest BCUT2D eigenvalue weighted by Crippen LogP contribution is -2.21. The number of para-hydroxylation sites is 1. The number of pyridine rings is 2. The first-order valence-electron chi connectivity index (χ1n) is 11.8. The number of halogens is 7. The minimum absolute atomic E-state index is 0.324. The fraction of sp³-hybridized carbons (Fsp3) is 0.0741. The number of ether oxygens (including phenoxy) is 1. The van der Waals surface area contributed by atoms with Crippen LogP contribution in [0.15, 0.2) is 79.0 Å². The smallest absolute Gasteiger partial charge is 0.475 e. The summed E-state index contributed by atoms with van der Waals surface area (Å²) in [7, 11) is 0. The molecule has 0 amide bonds. The number of aliphatic carboxylic acids is 2. The second-order valence-electron chi connectivity index (χ2n) is 8.25. The maximum atomic E-state index is 10.6. The number of carboxylic acid groups (broad SMARTS) is 2. The van der Waals surface area contributed by atoms with Crippen LogP contribution in [0.25, 0.3) is 33.4 Å². The van der Waals surface area contributed by atoms with E-state index in [4.69, 9.17) is 41.9 Å². The number of nitrogens with two attached hydrogens (primary N) is 1. The van der Waals surface area contributed by atoms with Gasteiger partial charge in [0.25, 0.3) is 0 Å². The van der Waals surface area contributed by atoms with E-state index < -0.39 is 24.3 Å². The highest BCUT2D eigenvalue weighted by Crippen LogP contribution is 2.39. The maximum absolute atomic E-state index is 10.6. The van der Waals surface area contributed by atoms with Gasteiger partial charge in [0.1, 0.15) is 16.7 Å². The molecular weight excluding hydrogens is 624 g/mol. The molecule has 3 heterocycles. The Hall–Kier alpha value is -5.38. The Bertz CT molecular complexity index is 1710. The van der Waals surface area contributed by atoms with Crippen LogP contribution >= 0.6 is 11.6 Å². The molecule has 0 unspecified atom stereocenters. The van der Waals surface area contributed by atoms with E-state index in [1.165, 1.54) is 0 Å². The first-order valence-corrected chi connectivity index (χ1v) is 12.2. The number of hydrogen-bond acceptors (Lipinski definition) is 7. The second-order valence-corrected chi connectivity index (χ2v) is 8.60. The highest BCUT2D eigenvalue weighted by Gasteiger charge is 2.38. The first-order chi connectivity index (χ1) is 20.6. The number of fused-ring (bicyclic) bond motifs is 1. The summed E-state index contributed by atoms with van der Waals surface area (Å²) in [6.45, 7) is 0. The number of aromatic nitrogens is 4. The van der Waals surface area contributed by atoms with Gasteiger partial charge in [-0.1, -0.05) is 35.9 Å². The van der Waals surface area contributed by atoms with Crippen molar-refractivity contribution < 1.29 is 50.9 Å². The predicted octanol–water partition coefficient (Wildman–Crippen LogP) is 6.98. The van der Waals surface area contributed by atoms with Crippen LogP contribution in [-0.4, -0.2) is 54.7 Å². The average molecular weight is 642 g/mol. The number of aromatic amines is 1. The Morgan fingerprint density at radius 2 is 1.34 bits per heavy atom. The number of hydrogen-bond donors (Lipinski definition) is 4. The van der Waals surface area contributed by atoms with E-state index >= 15 is 0 Å². The van der Waals surface area contributed by atoms with Gasteiger partial charge in [0.2, 0.25) is 0 Å². The van der Waals surface area contributed by atoms with Crippen LogP contribution in [0.3, 0.4) is 0 Å².